The lowest BCUT2D eigenvalue weighted by Gasteiger charge is -2.35. The molecule has 0 radical (unpaired) electrons. The predicted octanol–water partition coefficient (Wildman–Crippen LogP) is 3.37. The van der Waals surface area contributed by atoms with E-state index in [-0.39, 0.29) is 24.8 Å². The van der Waals surface area contributed by atoms with Crippen molar-refractivity contribution in [2.75, 3.05) is 26.2 Å². The number of benzene rings is 1. The van der Waals surface area contributed by atoms with Crippen LogP contribution in [0.1, 0.15) is 37.8 Å². The van der Waals surface area contributed by atoms with Crippen LogP contribution in [0.3, 0.4) is 0 Å². The molecule has 0 unspecified atom stereocenters. The van der Waals surface area contributed by atoms with Crippen molar-refractivity contribution in [1.82, 2.24) is 10.2 Å². The van der Waals surface area contributed by atoms with E-state index in [4.69, 9.17) is 0 Å². The van der Waals surface area contributed by atoms with Gasteiger partial charge in [-0.2, -0.15) is 0 Å². The summed E-state index contributed by atoms with van der Waals surface area (Å²) in [5.41, 5.74) is 1.09. The second-order valence-electron chi connectivity index (χ2n) is 5.00. The molecule has 116 valence electrons. The topological polar surface area (TPSA) is 35.5 Å². The molecule has 1 aliphatic rings. The van der Waals surface area contributed by atoms with Gasteiger partial charge >= 0.3 is 0 Å². The Morgan fingerprint density at radius 2 is 1.85 bits per heavy atom. The van der Waals surface area contributed by atoms with Gasteiger partial charge in [0.05, 0.1) is 0 Å². The fourth-order valence-corrected chi connectivity index (χ4v) is 2.70. The fraction of sp³-hybridized carbons (Fsp3) is 0.600. The molecule has 0 saturated carbocycles. The van der Waals surface area contributed by atoms with Gasteiger partial charge in [0, 0.05) is 37.8 Å². The molecule has 1 atom stereocenters. The van der Waals surface area contributed by atoms with Gasteiger partial charge in [-0.25, -0.2) is 0 Å². The zero-order chi connectivity index (χ0) is 12.8. The highest BCUT2D eigenvalue weighted by molar-refractivity contribution is 5.85. The van der Waals surface area contributed by atoms with Crippen LogP contribution < -0.4 is 5.32 Å². The van der Waals surface area contributed by atoms with Gasteiger partial charge in [0.15, 0.2) is 0 Å². The Bertz CT molecular complexity index is 371. The fourth-order valence-electron chi connectivity index (χ4n) is 2.70. The summed E-state index contributed by atoms with van der Waals surface area (Å²) in [6.45, 7) is 6.47. The van der Waals surface area contributed by atoms with E-state index >= 15 is 0 Å². The summed E-state index contributed by atoms with van der Waals surface area (Å²) >= 11 is 0. The molecule has 1 heterocycles. The van der Waals surface area contributed by atoms with E-state index in [0.29, 0.717) is 11.8 Å². The number of aromatic hydroxyl groups is 1. The lowest BCUT2D eigenvalue weighted by Crippen LogP contribution is -2.45. The number of phenols is 1. The van der Waals surface area contributed by atoms with Crippen molar-refractivity contribution in [3.05, 3.63) is 29.8 Å². The number of phenolic OH excluding ortho intramolecular Hbond substituents is 1. The molecule has 1 aromatic rings. The highest BCUT2D eigenvalue weighted by atomic mass is 35.5. The van der Waals surface area contributed by atoms with Gasteiger partial charge in [0.2, 0.25) is 0 Å². The van der Waals surface area contributed by atoms with Gasteiger partial charge < -0.3 is 10.4 Å². The first-order chi connectivity index (χ1) is 8.83. The SMILES string of the molecule is CCCC[C@H](c1ccccc1O)N1CCNCC1.Cl.Cl. The van der Waals surface area contributed by atoms with E-state index in [0.717, 1.165) is 38.2 Å². The second kappa shape index (κ2) is 10.3. The van der Waals surface area contributed by atoms with E-state index < -0.39 is 0 Å². The van der Waals surface area contributed by atoms with Crippen molar-refractivity contribution >= 4 is 24.8 Å². The Morgan fingerprint density at radius 3 is 2.45 bits per heavy atom. The number of nitrogens with zero attached hydrogens (tertiary/aromatic N) is 1. The molecule has 20 heavy (non-hydrogen) atoms. The molecule has 1 fully saturated rings. The summed E-state index contributed by atoms with van der Waals surface area (Å²) in [5.74, 6) is 0.442. The van der Waals surface area contributed by atoms with Crippen LogP contribution in [0.4, 0.5) is 0 Å². The Morgan fingerprint density at radius 1 is 1.20 bits per heavy atom. The number of nitrogens with one attached hydrogen (secondary N) is 1. The standard InChI is InChI=1S/C15H24N2O.2ClH/c1-2-3-7-14(17-11-9-16-10-12-17)13-6-4-5-8-15(13)18;;/h4-6,8,14,16,18H,2-3,7,9-12H2,1H3;2*1H/t14-;;/m1../s1. The molecule has 0 spiro atoms. The smallest absolute Gasteiger partial charge is 0.120 e. The van der Waals surface area contributed by atoms with Crippen LogP contribution in [0.25, 0.3) is 0 Å². The maximum Gasteiger partial charge on any atom is 0.120 e. The first-order valence-corrected chi connectivity index (χ1v) is 7.05. The zero-order valence-electron chi connectivity index (χ0n) is 12.0. The lowest BCUT2D eigenvalue weighted by molar-refractivity contribution is 0.160. The minimum Gasteiger partial charge on any atom is -0.508 e. The van der Waals surface area contributed by atoms with Crippen LogP contribution in [0.5, 0.6) is 5.75 Å². The molecule has 1 aliphatic heterocycles. The number of unbranched alkanes of at least 4 members (excludes halogenated alkanes) is 1. The normalized spacial score (nSPS) is 16.9. The number of halogens is 2. The number of para-hydroxylation sites is 1. The Labute approximate surface area is 134 Å². The Kier molecular flexibility index (Phi) is 10.0. The van der Waals surface area contributed by atoms with Crippen LogP contribution in [0.2, 0.25) is 0 Å². The van der Waals surface area contributed by atoms with Gasteiger partial charge in [-0.1, -0.05) is 38.0 Å². The molecule has 1 saturated heterocycles. The summed E-state index contributed by atoms with van der Waals surface area (Å²) in [7, 11) is 0. The Balaban J connectivity index is 0.00000180. The van der Waals surface area contributed by atoms with Gasteiger partial charge in [-0.15, -0.1) is 24.8 Å². The number of hydrogen-bond acceptors (Lipinski definition) is 3. The maximum absolute atomic E-state index is 10.1. The van der Waals surface area contributed by atoms with Crippen LogP contribution in [-0.2, 0) is 0 Å². The van der Waals surface area contributed by atoms with Crippen molar-refractivity contribution < 1.29 is 5.11 Å². The maximum atomic E-state index is 10.1. The van der Waals surface area contributed by atoms with Gasteiger partial charge in [0.25, 0.3) is 0 Å². The van der Waals surface area contributed by atoms with E-state index in [1.54, 1.807) is 6.07 Å². The average Bonchev–Trinajstić information content (AvgIpc) is 2.42. The van der Waals surface area contributed by atoms with Crippen molar-refractivity contribution in [2.24, 2.45) is 0 Å². The molecular weight excluding hydrogens is 295 g/mol. The second-order valence-corrected chi connectivity index (χ2v) is 5.00. The highest BCUT2D eigenvalue weighted by Gasteiger charge is 2.23. The van der Waals surface area contributed by atoms with Gasteiger partial charge in [-0.3, -0.25) is 4.90 Å². The van der Waals surface area contributed by atoms with Gasteiger partial charge in [-0.05, 0) is 12.5 Å². The molecule has 0 bridgehead atoms. The third-order valence-corrected chi connectivity index (χ3v) is 3.72. The number of piperazine rings is 1. The monoisotopic (exact) mass is 320 g/mol. The first-order valence-electron chi connectivity index (χ1n) is 7.05. The average molecular weight is 321 g/mol. The quantitative estimate of drug-likeness (QED) is 0.873. The minimum atomic E-state index is 0. The van der Waals surface area contributed by atoms with Crippen LogP contribution in [0, 0.1) is 0 Å². The molecule has 0 aromatic heterocycles. The third kappa shape index (κ3) is 5.13. The largest absolute Gasteiger partial charge is 0.508 e. The molecule has 0 aliphatic carbocycles. The summed E-state index contributed by atoms with van der Waals surface area (Å²) in [6, 6.07) is 8.16. The van der Waals surface area contributed by atoms with E-state index in [2.05, 4.69) is 23.2 Å². The summed E-state index contributed by atoms with van der Waals surface area (Å²) in [6.07, 6.45) is 3.55. The molecule has 1 aromatic carbocycles. The number of hydrogen-bond donors (Lipinski definition) is 2. The summed E-state index contributed by atoms with van der Waals surface area (Å²) < 4.78 is 0. The van der Waals surface area contributed by atoms with Crippen LogP contribution in [-0.4, -0.2) is 36.2 Å². The Hall–Kier alpha value is -0.480. The molecule has 0 amide bonds. The molecule has 2 rings (SSSR count). The van der Waals surface area contributed by atoms with Crippen LogP contribution >= 0.6 is 24.8 Å². The molecule has 2 N–H and O–H groups in total. The third-order valence-electron chi connectivity index (χ3n) is 3.72. The number of rotatable bonds is 5. The molecule has 5 heteroatoms. The first kappa shape index (κ1) is 19.5. The van der Waals surface area contributed by atoms with Crippen LogP contribution in [0.15, 0.2) is 24.3 Å². The summed E-state index contributed by atoms with van der Waals surface area (Å²) in [4.78, 5) is 2.50. The van der Waals surface area contributed by atoms with Crippen molar-refractivity contribution in [3.63, 3.8) is 0 Å². The highest BCUT2D eigenvalue weighted by Crippen LogP contribution is 2.32. The zero-order valence-corrected chi connectivity index (χ0v) is 13.7. The predicted molar refractivity (Wildman–Crippen MR) is 89.3 cm³/mol. The lowest BCUT2D eigenvalue weighted by atomic mass is 9.98. The summed E-state index contributed by atoms with van der Waals surface area (Å²) in [5, 5.41) is 13.5. The van der Waals surface area contributed by atoms with Crippen molar-refractivity contribution in [1.29, 1.82) is 0 Å². The van der Waals surface area contributed by atoms with Crippen molar-refractivity contribution in [2.45, 2.75) is 32.2 Å². The van der Waals surface area contributed by atoms with E-state index in [1.165, 1.54) is 12.8 Å². The van der Waals surface area contributed by atoms with E-state index in [9.17, 15) is 5.11 Å². The van der Waals surface area contributed by atoms with E-state index in [1.807, 2.05) is 12.1 Å². The molecule has 3 nitrogen and oxygen atoms in total. The van der Waals surface area contributed by atoms with Gasteiger partial charge in [0.1, 0.15) is 5.75 Å². The minimum absolute atomic E-state index is 0. The molecular formula is C15H26Cl2N2O. The van der Waals surface area contributed by atoms with Crippen molar-refractivity contribution in [3.8, 4) is 5.75 Å².